The molecule has 2 nitrogen and oxygen atoms in total. The number of benzene rings is 1. The second-order valence-electron chi connectivity index (χ2n) is 5.15. The quantitative estimate of drug-likeness (QED) is 0.700. The van der Waals surface area contributed by atoms with Crippen molar-refractivity contribution in [3.05, 3.63) is 34.9 Å². The van der Waals surface area contributed by atoms with Crippen LogP contribution in [0.1, 0.15) is 42.3 Å². The van der Waals surface area contributed by atoms with Crippen LogP contribution in [0.3, 0.4) is 0 Å². The van der Waals surface area contributed by atoms with E-state index in [2.05, 4.69) is 44.3 Å². The SMILES string of the molecule is CC(C)(C)c1ccc2c(c1)C(=O)CNC2. The second kappa shape index (κ2) is 3.46. The molecule has 0 aliphatic carbocycles. The Morgan fingerprint density at radius 1 is 1.20 bits per heavy atom. The van der Waals surface area contributed by atoms with Gasteiger partial charge < -0.3 is 5.32 Å². The number of carbonyl (C=O) groups is 1. The monoisotopic (exact) mass is 203 g/mol. The van der Waals surface area contributed by atoms with Crippen molar-refractivity contribution >= 4 is 5.78 Å². The lowest BCUT2D eigenvalue weighted by atomic mass is 9.84. The molecule has 1 aromatic carbocycles. The molecule has 0 saturated carbocycles. The van der Waals surface area contributed by atoms with E-state index in [1.165, 1.54) is 5.56 Å². The van der Waals surface area contributed by atoms with E-state index in [0.29, 0.717) is 6.54 Å². The lowest BCUT2D eigenvalue weighted by Crippen LogP contribution is -2.30. The minimum Gasteiger partial charge on any atom is -0.306 e. The lowest BCUT2D eigenvalue weighted by Gasteiger charge is -2.23. The zero-order valence-corrected chi connectivity index (χ0v) is 9.55. The van der Waals surface area contributed by atoms with Gasteiger partial charge in [0.25, 0.3) is 0 Å². The molecular weight excluding hydrogens is 186 g/mol. The number of hydrogen-bond acceptors (Lipinski definition) is 2. The molecule has 0 amide bonds. The Labute approximate surface area is 90.7 Å². The third kappa shape index (κ3) is 1.95. The summed E-state index contributed by atoms with van der Waals surface area (Å²) in [6.45, 7) is 7.78. The maximum atomic E-state index is 11.7. The van der Waals surface area contributed by atoms with Crippen molar-refractivity contribution in [3.63, 3.8) is 0 Å². The molecule has 0 atom stereocenters. The molecule has 1 aromatic rings. The highest BCUT2D eigenvalue weighted by molar-refractivity contribution is 6.00. The first-order valence-corrected chi connectivity index (χ1v) is 5.36. The molecule has 1 aliphatic rings. The minimum atomic E-state index is 0.111. The maximum Gasteiger partial charge on any atom is 0.176 e. The summed E-state index contributed by atoms with van der Waals surface area (Å²) in [4.78, 5) is 11.7. The zero-order valence-electron chi connectivity index (χ0n) is 9.55. The fourth-order valence-electron chi connectivity index (χ4n) is 1.86. The number of fused-ring (bicyclic) bond motifs is 1. The van der Waals surface area contributed by atoms with E-state index < -0.39 is 0 Å². The van der Waals surface area contributed by atoms with Gasteiger partial charge in [-0.15, -0.1) is 0 Å². The summed E-state index contributed by atoms with van der Waals surface area (Å²) in [6, 6.07) is 6.25. The van der Waals surface area contributed by atoms with Gasteiger partial charge in [0.2, 0.25) is 0 Å². The first-order chi connectivity index (χ1) is 6.98. The van der Waals surface area contributed by atoms with Crippen LogP contribution in [0.4, 0.5) is 0 Å². The number of Topliss-reactive ketones (excluding diaryl/α,β-unsaturated/α-hetero) is 1. The van der Waals surface area contributed by atoms with E-state index in [0.717, 1.165) is 17.7 Å². The van der Waals surface area contributed by atoms with Gasteiger partial charge >= 0.3 is 0 Å². The molecule has 80 valence electrons. The van der Waals surface area contributed by atoms with Gasteiger partial charge in [0.05, 0.1) is 6.54 Å². The molecule has 0 radical (unpaired) electrons. The number of carbonyl (C=O) groups excluding carboxylic acids is 1. The predicted molar refractivity (Wildman–Crippen MR) is 61.2 cm³/mol. The van der Waals surface area contributed by atoms with Gasteiger partial charge in [-0.05, 0) is 22.6 Å². The molecule has 0 aromatic heterocycles. The van der Waals surface area contributed by atoms with Crippen LogP contribution in [0.2, 0.25) is 0 Å². The van der Waals surface area contributed by atoms with E-state index in [-0.39, 0.29) is 11.2 Å². The average molecular weight is 203 g/mol. The van der Waals surface area contributed by atoms with E-state index in [1.807, 2.05) is 0 Å². The van der Waals surface area contributed by atoms with Gasteiger partial charge in [-0.3, -0.25) is 4.79 Å². The van der Waals surface area contributed by atoms with Crippen molar-refractivity contribution in [3.8, 4) is 0 Å². The van der Waals surface area contributed by atoms with Crippen molar-refractivity contribution in [1.29, 1.82) is 0 Å². The number of nitrogens with one attached hydrogen (secondary N) is 1. The van der Waals surface area contributed by atoms with Crippen LogP contribution in [0.25, 0.3) is 0 Å². The summed E-state index contributed by atoms with van der Waals surface area (Å²) in [7, 11) is 0. The van der Waals surface area contributed by atoms with Crippen molar-refractivity contribution in [2.45, 2.75) is 32.7 Å². The first kappa shape index (κ1) is 10.4. The topological polar surface area (TPSA) is 29.1 Å². The summed E-state index contributed by atoms with van der Waals surface area (Å²) in [5.41, 5.74) is 3.37. The van der Waals surface area contributed by atoms with E-state index in [9.17, 15) is 4.79 Å². The predicted octanol–water partition coefficient (Wildman–Crippen LogP) is 2.27. The van der Waals surface area contributed by atoms with Gasteiger partial charge in [0.1, 0.15) is 0 Å². The molecule has 1 N–H and O–H groups in total. The van der Waals surface area contributed by atoms with E-state index in [1.54, 1.807) is 0 Å². The molecule has 2 heteroatoms. The summed E-state index contributed by atoms with van der Waals surface area (Å²) in [6.07, 6.45) is 0. The highest BCUT2D eigenvalue weighted by Gasteiger charge is 2.20. The van der Waals surface area contributed by atoms with Crippen LogP contribution in [-0.2, 0) is 12.0 Å². The molecule has 0 saturated heterocycles. The second-order valence-corrected chi connectivity index (χ2v) is 5.15. The molecule has 15 heavy (non-hydrogen) atoms. The Bertz CT molecular complexity index is 401. The smallest absolute Gasteiger partial charge is 0.176 e. The highest BCUT2D eigenvalue weighted by Crippen LogP contribution is 2.25. The van der Waals surface area contributed by atoms with Crippen LogP contribution in [-0.4, -0.2) is 12.3 Å². The Kier molecular flexibility index (Phi) is 2.39. The number of hydrogen-bond donors (Lipinski definition) is 1. The maximum absolute atomic E-state index is 11.7. The van der Waals surface area contributed by atoms with Gasteiger partial charge in [-0.2, -0.15) is 0 Å². The summed E-state index contributed by atoms with van der Waals surface area (Å²) >= 11 is 0. The fourth-order valence-corrected chi connectivity index (χ4v) is 1.86. The van der Waals surface area contributed by atoms with Crippen LogP contribution in [0.15, 0.2) is 18.2 Å². The average Bonchev–Trinajstić information content (AvgIpc) is 2.16. The van der Waals surface area contributed by atoms with Crippen molar-refractivity contribution in [1.82, 2.24) is 5.32 Å². The minimum absolute atomic E-state index is 0.111. The van der Waals surface area contributed by atoms with Gasteiger partial charge in [-0.1, -0.05) is 32.9 Å². The normalized spacial score (nSPS) is 16.3. The molecule has 0 fully saturated rings. The third-order valence-corrected chi connectivity index (χ3v) is 2.88. The Morgan fingerprint density at radius 2 is 1.93 bits per heavy atom. The lowest BCUT2D eigenvalue weighted by molar-refractivity contribution is 0.0982. The Balaban J connectivity index is 2.49. The van der Waals surface area contributed by atoms with E-state index >= 15 is 0 Å². The molecular formula is C13H17NO. The molecule has 2 rings (SSSR count). The highest BCUT2D eigenvalue weighted by atomic mass is 16.1. The van der Waals surface area contributed by atoms with Crippen LogP contribution in [0.5, 0.6) is 0 Å². The third-order valence-electron chi connectivity index (χ3n) is 2.88. The van der Waals surface area contributed by atoms with E-state index in [4.69, 9.17) is 0 Å². The summed E-state index contributed by atoms with van der Waals surface area (Å²) in [5.74, 6) is 0.211. The molecule has 0 unspecified atom stereocenters. The number of rotatable bonds is 0. The summed E-state index contributed by atoms with van der Waals surface area (Å²) in [5, 5.41) is 3.10. The number of ketones is 1. The van der Waals surface area contributed by atoms with Gasteiger partial charge in [0.15, 0.2) is 5.78 Å². The zero-order chi connectivity index (χ0) is 11.1. The Hall–Kier alpha value is -1.15. The first-order valence-electron chi connectivity index (χ1n) is 5.36. The largest absolute Gasteiger partial charge is 0.306 e. The molecule has 1 aliphatic heterocycles. The van der Waals surface area contributed by atoms with Crippen LogP contribution >= 0.6 is 0 Å². The van der Waals surface area contributed by atoms with Crippen molar-refractivity contribution in [2.75, 3.05) is 6.54 Å². The van der Waals surface area contributed by atoms with Crippen LogP contribution < -0.4 is 5.32 Å². The molecule has 1 heterocycles. The molecule has 0 bridgehead atoms. The molecule has 0 spiro atoms. The van der Waals surface area contributed by atoms with Crippen molar-refractivity contribution in [2.24, 2.45) is 0 Å². The van der Waals surface area contributed by atoms with Crippen molar-refractivity contribution < 1.29 is 4.79 Å². The standard InChI is InChI=1S/C13H17NO/c1-13(2,3)10-5-4-9-7-14-8-12(15)11(9)6-10/h4-6,14H,7-8H2,1-3H3. The fraction of sp³-hybridized carbons (Fsp3) is 0.462. The van der Waals surface area contributed by atoms with Crippen LogP contribution in [0, 0.1) is 0 Å². The van der Waals surface area contributed by atoms with Gasteiger partial charge in [0, 0.05) is 12.1 Å². The van der Waals surface area contributed by atoms with Gasteiger partial charge in [-0.25, -0.2) is 0 Å². The Morgan fingerprint density at radius 3 is 2.60 bits per heavy atom. The summed E-state index contributed by atoms with van der Waals surface area (Å²) < 4.78 is 0.